The number of methoxy groups -OCH3 is 1. The van der Waals surface area contributed by atoms with Crippen LogP contribution in [0.1, 0.15) is 25.7 Å². The Kier molecular flexibility index (Phi) is 1.95. The third-order valence-electron chi connectivity index (χ3n) is 2.55. The summed E-state index contributed by atoms with van der Waals surface area (Å²) in [6.45, 7) is 0.928. The van der Waals surface area contributed by atoms with Gasteiger partial charge in [-0.2, -0.15) is 0 Å². The summed E-state index contributed by atoms with van der Waals surface area (Å²) in [4.78, 5) is 13.2. The first kappa shape index (κ1) is 7.90. The van der Waals surface area contributed by atoms with E-state index in [1.165, 1.54) is 32.8 Å². The fourth-order valence-electron chi connectivity index (χ4n) is 1.45. The van der Waals surface area contributed by atoms with Gasteiger partial charge in [-0.15, -0.1) is 0 Å². The van der Waals surface area contributed by atoms with Crippen LogP contribution < -0.4 is 0 Å². The third kappa shape index (κ3) is 1.71. The van der Waals surface area contributed by atoms with Crippen LogP contribution in [0, 0.1) is 5.92 Å². The molecule has 0 aliphatic heterocycles. The Morgan fingerprint density at radius 3 is 2.50 bits per heavy atom. The van der Waals surface area contributed by atoms with Crippen molar-refractivity contribution in [1.82, 2.24) is 4.90 Å². The zero-order valence-electron chi connectivity index (χ0n) is 7.45. The molecule has 3 heteroatoms. The second kappa shape index (κ2) is 2.96. The Bertz CT molecular complexity index is 185. The third-order valence-corrected chi connectivity index (χ3v) is 2.55. The smallest absolute Gasteiger partial charge is 0.409 e. The molecule has 0 atom stereocenters. The number of hydrogen-bond donors (Lipinski definition) is 0. The fraction of sp³-hybridized carbons (Fsp3) is 0.889. The van der Waals surface area contributed by atoms with E-state index >= 15 is 0 Å². The average molecular weight is 169 g/mol. The lowest BCUT2D eigenvalue weighted by Crippen LogP contribution is -2.34. The van der Waals surface area contributed by atoms with Gasteiger partial charge in [-0.3, -0.25) is 0 Å². The molecule has 0 radical (unpaired) electrons. The van der Waals surface area contributed by atoms with Gasteiger partial charge in [0.15, 0.2) is 0 Å². The van der Waals surface area contributed by atoms with Crippen molar-refractivity contribution in [2.45, 2.75) is 31.7 Å². The monoisotopic (exact) mass is 169 g/mol. The molecule has 0 heterocycles. The van der Waals surface area contributed by atoms with Crippen LogP contribution >= 0.6 is 0 Å². The highest BCUT2D eigenvalue weighted by Gasteiger charge is 2.36. The van der Waals surface area contributed by atoms with Crippen molar-refractivity contribution >= 4 is 6.09 Å². The first-order valence-electron chi connectivity index (χ1n) is 4.66. The molecule has 3 nitrogen and oxygen atoms in total. The van der Waals surface area contributed by atoms with E-state index in [1.54, 1.807) is 0 Å². The van der Waals surface area contributed by atoms with Crippen molar-refractivity contribution in [3.8, 4) is 0 Å². The lowest BCUT2D eigenvalue weighted by molar-refractivity contribution is 0.118. The van der Waals surface area contributed by atoms with Gasteiger partial charge in [0, 0.05) is 12.6 Å². The van der Waals surface area contributed by atoms with E-state index in [4.69, 9.17) is 4.74 Å². The predicted octanol–water partition coefficient (Wildman–Crippen LogP) is 1.63. The minimum absolute atomic E-state index is 0.135. The number of carbonyl (C=O) groups is 1. The second-order valence-corrected chi connectivity index (χ2v) is 3.80. The Morgan fingerprint density at radius 2 is 2.08 bits per heavy atom. The first-order chi connectivity index (χ1) is 5.81. The maximum absolute atomic E-state index is 11.3. The number of amides is 1. The standard InChI is InChI=1S/C9H15NO2/c1-12-9(11)10(8-4-5-8)6-7-2-3-7/h7-8H,2-6H2,1H3. The summed E-state index contributed by atoms with van der Waals surface area (Å²) in [6, 6.07) is 0.498. The zero-order valence-corrected chi connectivity index (χ0v) is 7.45. The van der Waals surface area contributed by atoms with Gasteiger partial charge in [0.25, 0.3) is 0 Å². The van der Waals surface area contributed by atoms with E-state index in [9.17, 15) is 4.79 Å². The van der Waals surface area contributed by atoms with Gasteiger partial charge in [0.05, 0.1) is 7.11 Å². The molecule has 0 aromatic rings. The van der Waals surface area contributed by atoms with Crippen LogP contribution in [0.2, 0.25) is 0 Å². The Hall–Kier alpha value is -0.730. The highest BCUT2D eigenvalue weighted by Crippen LogP contribution is 2.34. The maximum atomic E-state index is 11.3. The van der Waals surface area contributed by atoms with Gasteiger partial charge >= 0.3 is 6.09 Å². The van der Waals surface area contributed by atoms with Crippen LogP contribution in [0.25, 0.3) is 0 Å². The molecule has 0 unspecified atom stereocenters. The summed E-state index contributed by atoms with van der Waals surface area (Å²) >= 11 is 0. The summed E-state index contributed by atoms with van der Waals surface area (Å²) in [6.07, 6.45) is 4.79. The minimum atomic E-state index is -0.135. The lowest BCUT2D eigenvalue weighted by atomic mass is 10.4. The van der Waals surface area contributed by atoms with E-state index in [-0.39, 0.29) is 6.09 Å². The highest BCUT2D eigenvalue weighted by molar-refractivity contribution is 5.68. The Morgan fingerprint density at radius 1 is 1.42 bits per heavy atom. The summed E-state index contributed by atoms with van der Waals surface area (Å²) in [5.41, 5.74) is 0. The van der Waals surface area contributed by atoms with Gasteiger partial charge < -0.3 is 9.64 Å². The maximum Gasteiger partial charge on any atom is 0.409 e. The lowest BCUT2D eigenvalue weighted by Gasteiger charge is -2.20. The summed E-state index contributed by atoms with van der Waals surface area (Å²) in [5, 5.41) is 0. The largest absolute Gasteiger partial charge is 0.453 e. The van der Waals surface area contributed by atoms with Gasteiger partial charge in [-0.1, -0.05) is 0 Å². The van der Waals surface area contributed by atoms with Crippen molar-refractivity contribution in [2.75, 3.05) is 13.7 Å². The molecule has 0 N–H and O–H groups in total. The molecular weight excluding hydrogens is 154 g/mol. The molecule has 0 aromatic carbocycles. The number of rotatable bonds is 3. The van der Waals surface area contributed by atoms with Crippen LogP contribution in [0.4, 0.5) is 4.79 Å². The highest BCUT2D eigenvalue weighted by atomic mass is 16.5. The first-order valence-corrected chi connectivity index (χ1v) is 4.66. The molecule has 2 aliphatic rings. The normalized spacial score (nSPS) is 22.1. The molecule has 0 bridgehead atoms. The van der Waals surface area contributed by atoms with Gasteiger partial charge in [-0.05, 0) is 31.6 Å². The quantitative estimate of drug-likeness (QED) is 0.642. The van der Waals surface area contributed by atoms with Crippen molar-refractivity contribution in [3.63, 3.8) is 0 Å². The molecule has 0 aromatic heterocycles. The average Bonchev–Trinajstić information content (AvgIpc) is 2.88. The summed E-state index contributed by atoms with van der Waals surface area (Å²) < 4.78 is 4.73. The molecule has 0 spiro atoms. The zero-order chi connectivity index (χ0) is 8.55. The van der Waals surface area contributed by atoms with Crippen LogP contribution in [-0.2, 0) is 4.74 Å². The van der Waals surface area contributed by atoms with Gasteiger partial charge in [0.1, 0.15) is 0 Å². The van der Waals surface area contributed by atoms with Crippen LogP contribution in [-0.4, -0.2) is 30.7 Å². The number of carbonyl (C=O) groups excluding carboxylic acids is 1. The fourth-order valence-corrected chi connectivity index (χ4v) is 1.45. The molecule has 12 heavy (non-hydrogen) atoms. The summed E-state index contributed by atoms with van der Waals surface area (Å²) in [5.74, 6) is 0.768. The second-order valence-electron chi connectivity index (χ2n) is 3.80. The molecule has 2 aliphatic carbocycles. The number of nitrogens with zero attached hydrogens (tertiary/aromatic N) is 1. The van der Waals surface area contributed by atoms with Gasteiger partial charge in [0.2, 0.25) is 0 Å². The molecular formula is C9H15NO2. The van der Waals surface area contributed by atoms with Crippen molar-refractivity contribution in [2.24, 2.45) is 5.92 Å². The van der Waals surface area contributed by atoms with E-state index in [0.717, 1.165) is 12.5 Å². The van der Waals surface area contributed by atoms with E-state index < -0.39 is 0 Å². The van der Waals surface area contributed by atoms with E-state index in [0.29, 0.717) is 6.04 Å². The minimum Gasteiger partial charge on any atom is -0.453 e. The van der Waals surface area contributed by atoms with Crippen LogP contribution in [0.15, 0.2) is 0 Å². The van der Waals surface area contributed by atoms with E-state index in [2.05, 4.69) is 0 Å². The molecule has 2 rings (SSSR count). The van der Waals surface area contributed by atoms with Crippen molar-refractivity contribution < 1.29 is 9.53 Å². The number of ether oxygens (including phenoxy) is 1. The molecule has 0 saturated heterocycles. The topological polar surface area (TPSA) is 29.5 Å². The molecule has 68 valence electrons. The SMILES string of the molecule is COC(=O)N(CC1CC1)C1CC1. The van der Waals surface area contributed by atoms with E-state index in [1.807, 2.05) is 4.90 Å². The predicted molar refractivity (Wildman–Crippen MR) is 44.9 cm³/mol. The Labute approximate surface area is 72.7 Å². The van der Waals surface area contributed by atoms with Crippen molar-refractivity contribution in [3.05, 3.63) is 0 Å². The Balaban J connectivity index is 1.86. The summed E-state index contributed by atoms with van der Waals surface area (Å²) in [7, 11) is 1.46. The molecule has 2 fully saturated rings. The molecule has 2 saturated carbocycles. The van der Waals surface area contributed by atoms with Crippen LogP contribution in [0.3, 0.4) is 0 Å². The van der Waals surface area contributed by atoms with Crippen molar-refractivity contribution in [1.29, 1.82) is 0 Å². The number of hydrogen-bond acceptors (Lipinski definition) is 2. The van der Waals surface area contributed by atoms with Gasteiger partial charge in [-0.25, -0.2) is 4.79 Å². The molecule has 1 amide bonds. The van der Waals surface area contributed by atoms with Crippen LogP contribution in [0.5, 0.6) is 0 Å².